The van der Waals surface area contributed by atoms with Crippen LogP contribution in [0.5, 0.6) is 5.75 Å². The minimum atomic E-state index is -0.384. The molecule has 0 amide bonds. The van der Waals surface area contributed by atoms with E-state index < -0.39 is 0 Å². The standard InChI is InChI=1S/C21H33FO/c1-4-7-8-9-15-10-12-17(13-11-15)20-16(5-2)14-19(23)21(22)18(20)6-3/h14-15,17,23H,4-13H2,1-3H3. The summed E-state index contributed by atoms with van der Waals surface area (Å²) >= 11 is 0. The lowest BCUT2D eigenvalue weighted by atomic mass is 9.74. The maximum absolute atomic E-state index is 14.4. The number of benzene rings is 1. The number of phenolic OH excluding ortho intramolecular Hbond substituents is 1. The van der Waals surface area contributed by atoms with E-state index in [9.17, 15) is 9.50 Å². The molecule has 0 bridgehead atoms. The van der Waals surface area contributed by atoms with Crippen LogP contribution in [0.25, 0.3) is 0 Å². The van der Waals surface area contributed by atoms with Gasteiger partial charge in [-0.1, -0.05) is 46.5 Å². The lowest BCUT2D eigenvalue weighted by Gasteiger charge is -2.31. The van der Waals surface area contributed by atoms with Crippen LogP contribution in [0.4, 0.5) is 4.39 Å². The number of halogens is 1. The van der Waals surface area contributed by atoms with Crippen LogP contribution in [-0.2, 0) is 12.8 Å². The molecule has 1 saturated carbocycles. The molecule has 0 aliphatic heterocycles. The summed E-state index contributed by atoms with van der Waals surface area (Å²) in [5, 5.41) is 9.85. The van der Waals surface area contributed by atoms with Crippen LogP contribution in [0.3, 0.4) is 0 Å². The lowest BCUT2D eigenvalue weighted by Crippen LogP contribution is -2.17. The number of aryl methyl sites for hydroxylation is 1. The van der Waals surface area contributed by atoms with E-state index in [1.165, 1.54) is 56.9 Å². The molecule has 0 aromatic heterocycles. The summed E-state index contributed by atoms with van der Waals surface area (Å²) in [4.78, 5) is 0. The van der Waals surface area contributed by atoms with Crippen molar-refractivity contribution in [2.45, 2.75) is 90.9 Å². The average Bonchev–Trinajstić information content (AvgIpc) is 2.57. The molecule has 0 radical (unpaired) electrons. The Hall–Kier alpha value is -1.05. The molecule has 1 N–H and O–H groups in total. The van der Waals surface area contributed by atoms with E-state index in [2.05, 4.69) is 13.8 Å². The Balaban J connectivity index is 2.12. The van der Waals surface area contributed by atoms with Crippen molar-refractivity contribution in [3.8, 4) is 5.75 Å². The number of hydrogen-bond donors (Lipinski definition) is 1. The van der Waals surface area contributed by atoms with Gasteiger partial charge in [0.25, 0.3) is 0 Å². The van der Waals surface area contributed by atoms with Crippen LogP contribution >= 0.6 is 0 Å². The average molecular weight is 320 g/mol. The van der Waals surface area contributed by atoms with Crippen molar-refractivity contribution >= 4 is 0 Å². The second-order valence-corrected chi connectivity index (χ2v) is 7.18. The van der Waals surface area contributed by atoms with Crippen LogP contribution in [0.15, 0.2) is 6.07 Å². The molecule has 2 rings (SSSR count). The molecule has 0 spiro atoms. The van der Waals surface area contributed by atoms with E-state index >= 15 is 0 Å². The Kier molecular flexibility index (Phi) is 6.92. The van der Waals surface area contributed by atoms with Gasteiger partial charge in [-0.05, 0) is 73.1 Å². The van der Waals surface area contributed by atoms with E-state index in [1.54, 1.807) is 6.07 Å². The van der Waals surface area contributed by atoms with Gasteiger partial charge in [-0.15, -0.1) is 0 Å². The summed E-state index contributed by atoms with van der Waals surface area (Å²) in [5.74, 6) is 0.799. The summed E-state index contributed by atoms with van der Waals surface area (Å²) in [6.07, 6.45) is 11.8. The third-order valence-corrected chi connectivity index (χ3v) is 5.68. The van der Waals surface area contributed by atoms with Crippen LogP contribution in [0.2, 0.25) is 0 Å². The van der Waals surface area contributed by atoms with Gasteiger partial charge in [-0.3, -0.25) is 0 Å². The molecule has 1 nitrogen and oxygen atoms in total. The Labute approximate surface area is 141 Å². The van der Waals surface area contributed by atoms with E-state index in [0.29, 0.717) is 12.3 Å². The van der Waals surface area contributed by atoms with Crippen molar-refractivity contribution in [1.29, 1.82) is 0 Å². The maximum Gasteiger partial charge on any atom is 0.168 e. The highest BCUT2D eigenvalue weighted by molar-refractivity contribution is 5.45. The first-order valence-corrected chi connectivity index (χ1v) is 9.65. The van der Waals surface area contributed by atoms with Crippen molar-refractivity contribution in [3.63, 3.8) is 0 Å². The second-order valence-electron chi connectivity index (χ2n) is 7.18. The van der Waals surface area contributed by atoms with Gasteiger partial charge < -0.3 is 5.11 Å². The van der Waals surface area contributed by atoms with Crippen molar-refractivity contribution in [3.05, 3.63) is 28.6 Å². The fourth-order valence-corrected chi connectivity index (χ4v) is 4.34. The molecule has 1 aromatic carbocycles. The zero-order valence-electron chi connectivity index (χ0n) is 15.1. The normalized spacial score (nSPS) is 21.6. The fraction of sp³-hybridized carbons (Fsp3) is 0.714. The Morgan fingerprint density at radius 1 is 1.04 bits per heavy atom. The molecule has 1 aliphatic carbocycles. The summed E-state index contributed by atoms with van der Waals surface area (Å²) in [6.45, 7) is 6.36. The molecule has 0 atom stereocenters. The van der Waals surface area contributed by atoms with E-state index in [0.717, 1.165) is 23.5 Å². The summed E-state index contributed by atoms with van der Waals surface area (Å²) in [7, 11) is 0. The highest BCUT2D eigenvalue weighted by Crippen LogP contribution is 2.42. The van der Waals surface area contributed by atoms with Gasteiger partial charge in [0.2, 0.25) is 0 Å². The maximum atomic E-state index is 14.4. The van der Waals surface area contributed by atoms with E-state index in [1.807, 2.05) is 6.92 Å². The zero-order valence-corrected chi connectivity index (χ0v) is 15.1. The summed E-state index contributed by atoms with van der Waals surface area (Å²) in [6, 6.07) is 1.66. The summed E-state index contributed by atoms with van der Waals surface area (Å²) < 4.78 is 14.4. The molecule has 1 aliphatic rings. The SMILES string of the molecule is CCCCCC1CCC(c2c(CC)cc(O)c(F)c2CC)CC1. The largest absolute Gasteiger partial charge is 0.505 e. The topological polar surface area (TPSA) is 20.2 Å². The van der Waals surface area contributed by atoms with Gasteiger partial charge >= 0.3 is 0 Å². The van der Waals surface area contributed by atoms with Crippen molar-refractivity contribution in [1.82, 2.24) is 0 Å². The van der Waals surface area contributed by atoms with Gasteiger partial charge in [0.15, 0.2) is 11.6 Å². The van der Waals surface area contributed by atoms with Gasteiger partial charge in [0.1, 0.15) is 0 Å². The van der Waals surface area contributed by atoms with Crippen LogP contribution in [-0.4, -0.2) is 5.11 Å². The molecule has 0 saturated heterocycles. The molecule has 0 unspecified atom stereocenters. The number of hydrogen-bond acceptors (Lipinski definition) is 1. The van der Waals surface area contributed by atoms with Crippen LogP contribution in [0.1, 0.15) is 94.7 Å². The minimum absolute atomic E-state index is 0.171. The molecule has 1 aromatic rings. The number of unbranched alkanes of at least 4 members (excludes halogenated alkanes) is 2. The Morgan fingerprint density at radius 2 is 1.74 bits per heavy atom. The number of rotatable bonds is 7. The van der Waals surface area contributed by atoms with Crippen molar-refractivity contribution < 1.29 is 9.50 Å². The smallest absolute Gasteiger partial charge is 0.168 e. The van der Waals surface area contributed by atoms with Crippen LogP contribution < -0.4 is 0 Å². The lowest BCUT2D eigenvalue weighted by molar-refractivity contribution is 0.300. The van der Waals surface area contributed by atoms with Crippen LogP contribution in [0, 0.1) is 11.7 Å². The quantitative estimate of drug-likeness (QED) is 0.568. The van der Waals surface area contributed by atoms with Gasteiger partial charge in [0.05, 0.1) is 0 Å². The first-order valence-electron chi connectivity index (χ1n) is 9.65. The molecular formula is C21H33FO. The van der Waals surface area contributed by atoms with E-state index in [4.69, 9.17) is 0 Å². The predicted octanol–water partition coefficient (Wildman–Crippen LogP) is 6.51. The first kappa shape index (κ1) is 18.3. The molecule has 130 valence electrons. The second kappa shape index (κ2) is 8.70. The summed E-state index contributed by atoms with van der Waals surface area (Å²) in [5.41, 5.74) is 3.13. The predicted molar refractivity (Wildman–Crippen MR) is 95.7 cm³/mol. The number of phenols is 1. The monoisotopic (exact) mass is 320 g/mol. The third-order valence-electron chi connectivity index (χ3n) is 5.68. The molecular weight excluding hydrogens is 287 g/mol. The highest BCUT2D eigenvalue weighted by Gasteiger charge is 2.27. The minimum Gasteiger partial charge on any atom is -0.505 e. The molecule has 23 heavy (non-hydrogen) atoms. The highest BCUT2D eigenvalue weighted by atomic mass is 19.1. The van der Waals surface area contributed by atoms with Gasteiger partial charge in [-0.25, -0.2) is 4.39 Å². The molecule has 2 heteroatoms. The third kappa shape index (κ3) is 4.28. The Bertz CT molecular complexity index is 501. The van der Waals surface area contributed by atoms with Crippen molar-refractivity contribution in [2.75, 3.05) is 0 Å². The first-order chi connectivity index (χ1) is 11.1. The fourth-order valence-electron chi connectivity index (χ4n) is 4.34. The zero-order chi connectivity index (χ0) is 16.8. The Morgan fingerprint density at radius 3 is 2.30 bits per heavy atom. The van der Waals surface area contributed by atoms with Gasteiger partial charge in [0, 0.05) is 0 Å². The van der Waals surface area contributed by atoms with Crippen molar-refractivity contribution in [2.24, 2.45) is 5.92 Å². The van der Waals surface area contributed by atoms with Gasteiger partial charge in [-0.2, -0.15) is 0 Å². The number of aromatic hydroxyl groups is 1. The molecule has 1 fully saturated rings. The molecule has 0 heterocycles. The van der Waals surface area contributed by atoms with E-state index in [-0.39, 0.29) is 11.6 Å².